The molecule has 1 aromatic heterocycles. The molecular formula is C14H16N2O2S. The highest BCUT2D eigenvalue weighted by atomic mass is 32.2. The minimum atomic E-state index is 0.0328. The van der Waals surface area contributed by atoms with Gasteiger partial charge in [-0.15, -0.1) is 0 Å². The first-order chi connectivity index (χ1) is 9.29. The van der Waals surface area contributed by atoms with E-state index < -0.39 is 0 Å². The molecule has 0 aliphatic carbocycles. The number of hydrogen-bond donors (Lipinski definition) is 0. The van der Waals surface area contributed by atoms with E-state index in [9.17, 15) is 4.79 Å². The number of rotatable bonds is 3. The zero-order valence-corrected chi connectivity index (χ0v) is 11.7. The number of thioether (sulfide) groups is 1. The second-order valence-corrected chi connectivity index (χ2v) is 5.44. The van der Waals surface area contributed by atoms with Gasteiger partial charge < -0.3 is 4.74 Å². The van der Waals surface area contributed by atoms with Crippen molar-refractivity contribution in [3.63, 3.8) is 0 Å². The van der Waals surface area contributed by atoms with Gasteiger partial charge in [0, 0.05) is 6.61 Å². The Labute approximate surface area is 115 Å². The Morgan fingerprint density at radius 1 is 1.47 bits per heavy atom. The highest BCUT2D eigenvalue weighted by Gasteiger charge is 2.19. The summed E-state index contributed by atoms with van der Waals surface area (Å²) >= 11 is 1.50. The van der Waals surface area contributed by atoms with Gasteiger partial charge in [-0.05, 0) is 31.2 Å². The average molecular weight is 276 g/mol. The van der Waals surface area contributed by atoms with Crippen molar-refractivity contribution in [1.82, 2.24) is 9.55 Å². The summed E-state index contributed by atoms with van der Waals surface area (Å²) in [4.78, 5) is 17.1. The summed E-state index contributed by atoms with van der Waals surface area (Å²) < 4.78 is 7.38. The van der Waals surface area contributed by atoms with E-state index in [4.69, 9.17) is 4.74 Å². The largest absolute Gasteiger partial charge is 0.376 e. The van der Waals surface area contributed by atoms with Crippen LogP contribution < -0.4 is 5.56 Å². The zero-order chi connectivity index (χ0) is 13.2. The van der Waals surface area contributed by atoms with Crippen molar-refractivity contribution in [1.29, 1.82) is 0 Å². The minimum absolute atomic E-state index is 0.0328. The minimum Gasteiger partial charge on any atom is -0.376 e. The molecule has 1 aromatic carbocycles. The van der Waals surface area contributed by atoms with Crippen molar-refractivity contribution in [2.45, 2.75) is 30.6 Å². The third-order valence-corrected chi connectivity index (χ3v) is 4.10. The lowest BCUT2D eigenvalue weighted by Gasteiger charge is -2.15. The third-order valence-electron chi connectivity index (χ3n) is 3.42. The first kappa shape index (κ1) is 12.7. The van der Waals surface area contributed by atoms with Gasteiger partial charge in [0.1, 0.15) is 0 Å². The molecule has 0 N–H and O–H groups in total. The Kier molecular flexibility index (Phi) is 3.57. The van der Waals surface area contributed by atoms with Crippen LogP contribution in [0.25, 0.3) is 10.9 Å². The maximum Gasteiger partial charge on any atom is 0.262 e. The van der Waals surface area contributed by atoms with Crippen LogP contribution in [-0.4, -0.2) is 28.5 Å². The second-order valence-electron chi connectivity index (χ2n) is 4.67. The van der Waals surface area contributed by atoms with Crippen molar-refractivity contribution in [2.75, 3.05) is 12.9 Å². The van der Waals surface area contributed by atoms with Gasteiger partial charge >= 0.3 is 0 Å². The molecule has 0 bridgehead atoms. The van der Waals surface area contributed by atoms with E-state index in [1.54, 1.807) is 4.57 Å². The van der Waals surface area contributed by atoms with Crippen LogP contribution in [0.15, 0.2) is 34.2 Å². The van der Waals surface area contributed by atoms with Crippen molar-refractivity contribution < 1.29 is 4.74 Å². The number of aromatic nitrogens is 2. The fourth-order valence-corrected chi connectivity index (χ4v) is 3.02. The van der Waals surface area contributed by atoms with Crippen LogP contribution in [0.4, 0.5) is 0 Å². The fourth-order valence-electron chi connectivity index (χ4n) is 2.46. The van der Waals surface area contributed by atoms with Crippen molar-refractivity contribution >= 4 is 22.7 Å². The lowest BCUT2D eigenvalue weighted by atomic mass is 10.2. The van der Waals surface area contributed by atoms with Crippen LogP contribution in [0.2, 0.25) is 0 Å². The summed E-state index contributed by atoms with van der Waals surface area (Å²) in [6.07, 6.45) is 4.19. The van der Waals surface area contributed by atoms with Crippen LogP contribution in [0.3, 0.4) is 0 Å². The third kappa shape index (κ3) is 2.40. The monoisotopic (exact) mass is 276 g/mol. The summed E-state index contributed by atoms with van der Waals surface area (Å²) in [5.74, 6) is 0. The first-order valence-corrected chi connectivity index (χ1v) is 7.67. The zero-order valence-electron chi connectivity index (χ0n) is 10.8. The number of ether oxygens (including phenoxy) is 1. The lowest BCUT2D eigenvalue weighted by molar-refractivity contribution is 0.0937. The molecule has 2 aromatic rings. The van der Waals surface area contributed by atoms with Crippen LogP contribution in [0, 0.1) is 0 Å². The Morgan fingerprint density at radius 3 is 3.05 bits per heavy atom. The molecular weight excluding hydrogens is 260 g/mol. The molecule has 1 aliphatic rings. The van der Waals surface area contributed by atoms with Crippen molar-refractivity contribution in [3.8, 4) is 0 Å². The van der Waals surface area contributed by atoms with Crippen LogP contribution in [0.1, 0.15) is 12.8 Å². The highest BCUT2D eigenvalue weighted by molar-refractivity contribution is 7.98. The summed E-state index contributed by atoms with van der Waals surface area (Å²) in [6, 6.07) is 7.50. The molecule has 4 nitrogen and oxygen atoms in total. The van der Waals surface area contributed by atoms with Gasteiger partial charge in [0.05, 0.1) is 23.6 Å². The smallest absolute Gasteiger partial charge is 0.262 e. The molecule has 0 unspecified atom stereocenters. The molecule has 0 spiro atoms. The van der Waals surface area contributed by atoms with Crippen molar-refractivity contribution in [2.24, 2.45) is 0 Å². The van der Waals surface area contributed by atoms with Crippen LogP contribution in [0.5, 0.6) is 0 Å². The molecule has 0 radical (unpaired) electrons. The molecule has 1 fully saturated rings. The molecule has 1 saturated heterocycles. The summed E-state index contributed by atoms with van der Waals surface area (Å²) in [5.41, 5.74) is 0.797. The maximum absolute atomic E-state index is 12.5. The van der Waals surface area contributed by atoms with Gasteiger partial charge in [-0.1, -0.05) is 23.9 Å². The molecule has 1 aliphatic heterocycles. The lowest BCUT2D eigenvalue weighted by Crippen LogP contribution is -2.28. The van der Waals surface area contributed by atoms with Crippen LogP contribution >= 0.6 is 11.8 Å². The second kappa shape index (κ2) is 5.35. The molecule has 3 rings (SSSR count). The average Bonchev–Trinajstić information content (AvgIpc) is 2.95. The van der Waals surface area contributed by atoms with E-state index >= 15 is 0 Å². The molecule has 0 amide bonds. The Hall–Kier alpha value is -1.33. The molecule has 100 valence electrons. The van der Waals surface area contributed by atoms with E-state index in [0.717, 1.165) is 30.1 Å². The topological polar surface area (TPSA) is 44.1 Å². The molecule has 5 heteroatoms. The summed E-state index contributed by atoms with van der Waals surface area (Å²) in [7, 11) is 0. The Balaban J connectivity index is 2.10. The molecule has 1 atom stereocenters. The van der Waals surface area contributed by atoms with Gasteiger partial charge in [0.25, 0.3) is 5.56 Å². The number of fused-ring (bicyclic) bond motifs is 1. The SMILES string of the molecule is CSc1nc2ccccc2c(=O)n1C[C@@H]1CCCO1. The summed E-state index contributed by atoms with van der Waals surface area (Å²) in [6.45, 7) is 1.40. The molecule has 2 heterocycles. The van der Waals surface area contributed by atoms with E-state index in [0.29, 0.717) is 11.9 Å². The van der Waals surface area contributed by atoms with Crippen LogP contribution in [-0.2, 0) is 11.3 Å². The van der Waals surface area contributed by atoms with Gasteiger partial charge in [-0.25, -0.2) is 4.98 Å². The van der Waals surface area contributed by atoms with E-state index in [1.807, 2.05) is 30.5 Å². The van der Waals surface area contributed by atoms with E-state index in [-0.39, 0.29) is 11.7 Å². The quantitative estimate of drug-likeness (QED) is 0.637. The first-order valence-electron chi connectivity index (χ1n) is 6.45. The van der Waals surface area contributed by atoms with Crippen molar-refractivity contribution in [3.05, 3.63) is 34.6 Å². The molecule has 19 heavy (non-hydrogen) atoms. The number of para-hydroxylation sites is 1. The number of hydrogen-bond acceptors (Lipinski definition) is 4. The highest BCUT2D eigenvalue weighted by Crippen LogP contribution is 2.19. The number of nitrogens with zero attached hydrogens (tertiary/aromatic N) is 2. The van der Waals surface area contributed by atoms with Gasteiger partial charge in [0.2, 0.25) is 0 Å². The van der Waals surface area contributed by atoms with Gasteiger partial charge in [0.15, 0.2) is 5.16 Å². The molecule has 0 saturated carbocycles. The fraction of sp³-hybridized carbons (Fsp3) is 0.429. The van der Waals surface area contributed by atoms with Gasteiger partial charge in [-0.3, -0.25) is 9.36 Å². The van der Waals surface area contributed by atoms with E-state index in [2.05, 4.69) is 4.98 Å². The Morgan fingerprint density at radius 2 is 2.32 bits per heavy atom. The maximum atomic E-state index is 12.5. The Bertz CT molecular complexity index is 647. The van der Waals surface area contributed by atoms with E-state index in [1.165, 1.54) is 11.8 Å². The number of benzene rings is 1. The predicted molar refractivity (Wildman–Crippen MR) is 76.8 cm³/mol. The van der Waals surface area contributed by atoms with Gasteiger partial charge in [-0.2, -0.15) is 0 Å². The predicted octanol–water partition coefficient (Wildman–Crippen LogP) is 2.30. The standard InChI is InChI=1S/C14H16N2O2S/c1-19-14-15-12-7-3-2-6-11(12)13(17)16(14)9-10-5-4-8-18-10/h2-3,6-7,10H,4-5,8-9H2,1H3/t10-/m0/s1. The normalized spacial score (nSPS) is 19.1. The summed E-state index contributed by atoms with van der Waals surface area (Å²) in [5, 5.41) is 1.44.